The van der Waals surface area contributed by atoms with Crippen LogP contribution >= 0.6 is 0 Å². The van der Waals surface area contributed by atoms with Crippen LogP contribution in [0.2, 0.25) is 0 Å². The highest BCUT2D eigenvalue weighted by Crippen LogP contribution is 2.43. The minimum atomic E-state index is -0.987. The number of carbonyl (C=O) groups is 3. The van der Waals surface area contributed by atoms with Gasteiger partial charge in [-0.05, 0) is 82.9 Å². The van der Waals surface area contributed by atoms with Gasteiger partial charge in [0.25, 0.3) is 5.91 Å². The Hall–Kier alpha value is -2.65. The minimum absolute atomic E-state index is 0.0348. The zero-order chi connectivity index (χ0) is 30.6. The van der Waals surface area contributed by atoms with Crippen LogP contribution in [0.25, 0.3) is 0 Å². The first kappa shape index (κ1) is 32.3. The number of ether oxygens (including phenoxy) is 2. The van der Waals surface area contributed by atoms with Crippen molar-refractivity contribution in [2.24, 2.45) is 23.7 Å². The van der Waals surface area contributed by atoms with Crippen molar-refractivity contribution < 1.29 is 23.9 Å². The van der Waals surface area contributed by atoms with Gasteiger partial charge in [0.1, 0.15) is 5.75 Å². The lowest BCUT2D eigenvalue weighted by molar-refractivity contribution is -0.133. The van der Waals surface area contributed by atoms with E-state index in [2.05, 4.69) is 38.3 Å². The number of rotatable bonds is 13. The molecular formula is C33H52N4O5. The Labute approximate surface area is 252 Å². The second kappa shape index (κ2) is 13.8. The molecule has 2 fully saturated rings. The van der Waals surface area contributed by atoms with Crippen LogP contribution in [0.3, 0.4) is 0 Å². The van der Waals surface area contributed by atoms with Crippen molar-refractivity contribution >= 4 is 29.1 Å². The molecule has 0 bridgehead atoms. The maximum atomic E-state index is 14.1. The van der Waals surface area contributed by atoms with Crippen molar-refractivity contribution in [1.82, 2.24) is 10.6 Å². The standard InChI is InChI=1S/C33H52N4O5/c1-8-41-14-13-36-28-18-27(11-12-29(28)42-33(6,7)32(36)40)37(26-9-10-26)31(39)24-17-23(19-34-20-24)30(38)35-25(15-21(2)3)16-22(4)5/h11-12,18,21-26,34H,8-10,13-17,19-20H2,1-7H3,(H,35,38)/t23-,24+/m0/s1. The Bertz CT molecular complexity index is 1110. The van der Waals surface area contributed by atoms with Crippen LogP contribution < -0.4 is 25.2 Å². The summed E-state index contributed by atoms with van der Waals surface area (Å²) in [5, 5.41) is 6.68. The molecule has 1 aliphatic carbocycles. The average Bonchev–Trinajstić information content (AvgIpc) is 3.75. The van der Waals surface area contributed by atoms with E-state index in [-0.39, 0.29) is 41.6 Å². The molecule has 3 aliphatic rings. The number of piperidine rings is 1. The van der Waals surface area contributed by atoms with Crippen LogP contribution in [-0.2, 0) is 19.1 Å². The lowest BCUT2D eigenvalue weighted by Crippen LogP contribution is -2.53. The summed E-state index contributed by atoms with van der Waals surface area (Å²) in [6.07, 6.45) is 4.31. The molecule has 0 aromatic heterocycles. The topological polar surface area (TPSA) is 100 Å². The highest BCUT2D eigenvalue weighted by Gasteiger charge is 2.43. The van der Waals surface area contributed by atoms with Crippen molar-refractivity contribution in [3.05, 3.63) is 18.2 Å². The zero-order valence-corrected chi connectivity index (χ0v) is 26.7. The Balaban J connectivity index is 1.52. The van der Waals surface area contributed by atoms with E-state index in [1.807, 2.05) is 30.0 Å². The Morgan fingerprint density at radius 1 is 1.12 bits per heavy atom. The Kier molecular flexibility index (Phi) is 10.6. The number of benzene rings is 1. The number of carbonyl (C=O) groups excluding carboxylic acids is 3. The van der Waals surface area contributed by atoms with E-state index in [0.717, 1.165) is 31.4 Å². The summed E-state index contributed by atoms with van der Waals surface area (Å²) >= 11 is 0. The number of fused-ring (bicyclic) bond motifs is 1. The second-order valence-electron chi connectivity index (χ2n) is 13.6. The fraction of sp³-hybridized carbons (Fsp3) is 0.727. The maximum Gasteiger partial charge on any atom is 0.270 e. The molecule has 2 N–H and O–H groups in total. The Morgan fingerprint density at radius 3 is 2.40 bits per heavy atom. The van der Waals surface area contributed by atoms with Gasteiger partial charge in [0.15, 0.2) is 5.60 Å². The summed E-state index contributed by atoms with van der Waals surface area (Å²) in [5.74, 6) is 1.02. The molecule has 4 rings (SSSR count). The number of anilines is 2. The maximum absolute atomic E-state index is 14.1. The van der Waals surface area contributed by atoms with E-state index in [4.69, 9.17) is 9.47 Å². The number of nitrogens with zero attached hydrogens (tertiary/aromatic N) is 2. The molecule has 2 aliphatic heterocycles. The summed E-state index contributed by atoms with van der Waals surface area (Å²) in [6, 6.07) is 5.97. The molecule has 3 amide bonds. The van der Waals surface area contributed by atoms with Crippen LogP contribution in [0.4, 0.5) is 11.4 Å². The fourth-order valence-corrected chi connectivity index (χ4v) is 6.28. The minimum Gasteiger partial charge on any atom is -0.476 e. The summed E-state index contributed by atoms with van der Waals surface area (Å²) in [7, 11) is 0. The van der Waals surface area contributed by atoms with Gasteiger partial charge >= 0.3 is 0 Å². The van der Waals surface area contributed by atoms with E-state index in [9.17, 15) is 14.4 Å². The summed E-state index contributed by atoms with van der Waals surface area (Å²) < 4.78 is 11.6. The van der Waals surface area contributed by atoms with Crippen molar-refractivity contribution in [2.75, 3.05) is 42.6 Å². The molecule has 1 aromatic carbocycles. The normalized spacial score (nSPS) is 21.9. The van der Waals surface area contributed by atoms with E-state index >= 15 is 0 Å². The van der Waals surface area contributed by atoms with Gasteiger partial charge in [0.2, 0.25) is 11.8 Å². The Morgan fingerprint density at radius 2 is 1.79 bits per heavy atom. The molecule has 0 spiro atoms. The van der Waals surface area contributed by atoms with Gasteiger partial charge in [-0.2, -0.15) is 0 Å². The molecule has 2 heterocycles. The highest BCUT2D eigenvalue weighted by molar-refractivity contribution is 6.04. The van der Waals surface area contributed by atoms with Gasteiger partial charge in [-0.1, -0.05) is 27.7 Å². The summed E-state index contributed by atoms with van der Waals surface area (Å²) in [5.41, 5.74) is 0.439. The molecule has 1 aromatic rings. The third-order valence-electron chi connectivity index (χ3n) is 8.38. The van der Waals surface area contributed by atoms with Crippen LogP contribution in [0, 0.1) is 23.7 Å². The predicted molar refractivity (Wildman–Crippen MR) is 166 cm³/mol. The van der Waals surface area contributed by atoms with Crippen LogP contribution in [0.15, 0.2) is 18.2 Å². The first-order chi connectivity index (χ1) is 19.9. The van der Waals surface area contributed by atoms with Crippen molar-refractivity contribution in [3.63, 3.8) is 0 Å². The SMILES string of the molecule is CCOCCN1C(=O)C(C)(C)Oc2ccc(N(C(=O)[C@H]3CNC[C@@H](C(=O)NC(CC(C)C)CC(C)C)C3)C3CC3)cc21. The highest BCUT2D eigenvalue weighted by atomic mass is 16.5. The average molecular weight is 585 g/mol. The van der Waals surface area contributed by atoms with Gasteiger partial charge in [0, 0.05) is 44.0 Å². The van der Waals surface area contributed by atoms with Crippen LogP contribution in [0.5, 0.6) is 5.75 Å². The molecule has 234 valence electrons. The molecule has 1 saturated carbocycles. The lowest BCUT2D eigenvalue weighted by Gasteiger charge is -2.39. The van der Waals surface area contributed by atoms with E-state index in [1.54, 1.807) is 18.7 Å². The lowest BCUT2D eigenvalue weighted by atomic mass is 9.87. The van der Waals surface area contributed by atoms with Crippen molar-refractivity contribution in [1.29, 1.82) is 0 Å². The molecule has 42 heavy (non-hydrogen) atoms. The van der Waals surface area contributed by atoms with Crippen molar-refractivity contribution in [3.8, 4) is 5.75 Å². The third-order valence-corrected chi connectivity index (χ3v) is 8.38. The van der Waals surface area contributed by atoms with Crippen LogP contribution in [-0.4, -0.2) is 68.3 Å². The summed E-state index contributed by atoms with van der Waals surface area (Å²) in [6.45, 7) is 16.7. The first-order valence-electron chi connectivity index (χ1n) is 16.0. The predicted octanol–water partition coefficient (Wildman–Crippen LogP) is 4.53. The fourth-order valence-electron chi connectivity index (χ4n) is 6.28. The molecule has 0 unspecified atom stereocenters. The summed E-state index contributed by atoms with van der Waals surface area (Å²) in [4.78, 5) is 44.4. The monoisotopic (exact) mass is 584 g/mol. The van der Waals surface area contributed by atoms with E-state index in [0.29, 0.717) is 62.5 Å². The smallest absolute Gasteiger partial charge is 0.270 e. The number of nitrogens with one attached hydrogen (secondary N) is 2. The third kappa shape index (κ3) is 7.84. The molecule has 2 atom stereocenters. The van der Waals surface area contributed by atoms with Gasteiger partial charge < -0.3 is 29.9 Å². The number of amides is 3. The van der Waals surface area contributed by atoms with Gasteiger partial charge in [-0.15, -0.1) is 0 Å². The quantitative estimate of drug-likeness (QED) is 0.331. The van der Waals surface area contributed by atoms with Crippen LogP contribution in [0.1, 0.15) is 80.6 Å². The van der Waals surface area contributed by atoms with Gasteiger partial charge in [-0.3, -0.25) is 14.4 Å². The number of hydrogen-bond acceptors (Lipinski definition) is 6. The zero-order valence-electron chi connectivity index (χ0n) is 26.7. The largest absolute Gasteiger partial charge is 0.476 e. The molecule has 1 saturated heterocycles. The number of hydrogen-bond donors (Lipinski definition) is 2. The molecule has 9 heteroatoms. The van der Waals surface area contributed by atoms with E-state index < -0.39 is 5.60 Å². The molecular weight excluding hydrogens is 532 g/mol. The van der Waals surface area contributed by atoms with Gasteiger partial charge in [0.05, 0.1) is 24.1 Å². The second-order valence-corrected chi connectivity index (χ2v) is 13.6. The van der Waals surface area contributed by atoms with Crippen molar-refractivity contribution in [2.45, 2.75) is 98.3 Å². The molecule has 0 radical (unpaired) electrons. The van der Waals surface area contributed by atoms with E-state index in [1.165, 1.54) is 0 Å². The molecule has 9 nitrogen and oxygen atoms in total. The van der Waals surface area contributed by atoms with Gasteiger partial charge in [-0.25, -0.2) is 0 Å². The first-order valence-corrected chi connectivity index (χ1v) is 16.0.